The zero-order valence-electron chi connectivity index (χ0n) is 26.1. The molecule has 0 amide bonds. The summed E-state index contributed by atoms with van der Waals surface area (Å²) < 4.78 is 2.27. The normalized spacial score (nSPS) is 11.3. The highest BCUT2D eigenvalue weighted by Crippen LogP contribution is 2.40. The van der Waals surface area contributed by atoms with Gasteiger partial charge in [0.15, 0.2) is 8.07 Å². The van der Waals surface area contributed by atoms with Crippen molar-refractivity contribution in [2.24, 2.45) is 0 Å². The maximum absolute atomic E-state index is 10.9. The number of hydrogen-bond acceptors (Lipinski definition) is 1. The number of nitriles is 1. The summed E-state index contributed by atoms with van der Waals surface area (Å²) in [6.45, 7) is 8.11. The third-order valence-corrected chi connectivity index (χ3v) is 14.3. The summed E-state index contributed by atoms with van der Waals surface area (Å²) in [5.74, 6) is 0. The van der Waals surface area contributed by atoms with E-state index in [4.69, 9.17) is 6.57 Å². The van der Waals surface area contributed by atoms with E-state index in [-0.39, 0.29) is 0 Å². The first kappa shape index (κ1) is 29.0. The number of benzene rings is 7. The lowest BCUT2D eigenvalue weighted by Crippen LogP contribution is -2.75. The number of aromatic nitrogens is 1. The minimum Gasteiger partial charge on any atom is -0.309 e. The summed E-state index contributed by atoms with van der Waals surface area (Å²) in [5.41, 5.74) is 5.43. The molecule has 1 aromatic heterocycles. The molecular formula is C44H29N3Si. The first-order valence-electron chi connectivity index (χ1n) is 16.0. The summed E-state index contributed by atoms with van der Waals surface area (Å²) in [4.78, 5) is 3.87. The van der Waals surface area contributed by atoms with Gasteiger partial charge < -0.3 is 4.57 Å². The predicted octanol–water partition coefficient (Wildman–Crippen LogP) is 8.25. The number of para-hydroxylation sites is 2. The molecule has 0 fully saturated rings. The second kappa shape index (κ2) is 12.0. The van der Waals surface area contributed by atoms with Gasteiger partial charge in [0.05, 0.1) is 34.9 Å². The third kappa shape index (κ3) is 4.40. The molecule has 1 heterocycles. The van der Waals surface area contributed by atoms with Crippen LogP contribution in [0.5, 0.6) is 0 Å². The van der Waals surface area contributed by atoms with Gasteiger partial charge in [-0.1, -0.05) is 158 Å². The van der Waals surface area contributed by atoms with Gasteiger partial charge in [0.1, 0.15) is 0 Å². The Kier molecular flexibility index (Phi) is 7.27. The Labute approximate surface area is 281 Å². The molecule has 0 saturated heterocycles. The van der Waals surface area contributed by atoms with E-state index < -0.39 is 8.07 Å². The predicted molar refractivity (Wildman–Crippen MR) is 201 cm³/mol. The lowest BCUT2D eigenvalue weighted by atomic mass is 9.96. The zero-order valence-corrected chi connectivity index (χ0v) is 27.1. The van der Waals surface area contributed by atoms with Crippen LogP contribution >= 0.6 is 0 Å². The Balaban J connectivity index is 1.57. The Hall–Kier alpha value is -6.46. The van der Waals surface area contributed by atoms with Crippen molar-refractivity contribution in [1.29, 1.82) is 5.26 Å². The highest BCUT2D eigenvalue weighted by Gasteiger charge is 2.43. The quantitative estimate of drug-likeness (QED) is 0.104. The van der Waals surface area contributed by atoms with Gasteiger partial charge >= 0.3 is 0 Å². The molecule has 8 rings (SSSR count). The van der Waals surface area contributed by atoms with Crippen molar-refractivity contribution >= 4 is 56.3 Å². The van der Waals surface area contributed by atoms with Gasteiger partial charge in [0, 0.05) is 16.3 Å². The largest absolute Gasteiger partial charge is 0.309 e. The van der Waals surface area contributed by atoms with Gasteiger partial charge in [-0.05, 0) is 44.5 Å². The van der Waals surface area contributed by atoms with Gasteiger partial charge in [0.25, 0.3) is 0 Å². The maximum atomic E-state index is 10.9. The summed E-state index contributed by atoms with van der Waals surface area (Å²) >= 11 is 0. The van der Waals surface area contributed by atoms with Crippen LogP contribution in [0.2, 0.25) is 0 Å². The summed E-state index contributed by atoms with van der Waals surface area (Å²) in [6.07, 6.45) is 0. The fourth-order valence-electron chi connectivity index (χ4n) is 7.49. The molecule has 0 spiro atoms. The van der Waals surface area contributed by atoms with E-state index in [2.05, 4.69) is 179 Å². The van der Waals surface area contributed by atoms with E-state index in [0.717, 1.165) is 43.8 Å². The Bertz CT molecular complexity index is 2370. The summed E-state index contributed by atoms with van der Waals surface area (Å²) in [5, 5.41) is 18.1. The molecular weight excluding hydrogens is 599 g/mol. The lowest BCUT2D eigenvalue weighted by Gasteiger charge is -2.36. The van der Waals surface area contributed by atoms with Crippen molar-refractivity contribution in [1.82, 2.24) is 4.57 Å². The van der Waals surface area contributed by atoms with E-state index in [1.807, 2.05) is 6.07 Å². The fourth-order valence-corrected chi connectivity index (χ4v) is 12.5. The van der Waals surface area contributed by atoms with Crippen molar-refractivity contribution in [3.8, 4) is 22.9 Å². The van der Waals surface area contributed by atoms with E-state index in [9.17, 15) is 5.26 Å². The molecule has 224 valence electrons. The number of hydrogen-bond donors (Lipinski definition) is 0. The van der Waals surface area contributed by atoms with Crippen molar-refractivity contribution in [3.63, 3.8) is 0 Å². The average molecular weight is 628 g/mol. The zero-order chi connectivity index (χ0) is 32.5. The van der Waals surface area contributed by atoms with E-state index in [0.29, 0.717) is 11.3 Å². The van der Waals surface area contributed by atoms with Crippen molar-refractivity contribution in [3.05, 3.63) is 193 Å². The first-order chi connectivity index (χ1) is 23.8. The highest BCUT2D eigenvalue weighted by atomic mass is 28.3. The monoisotopic (exact) mass is 627 g/mol. The summed E-state index contributed by atoms with van der Waals surface area (Å²) in [6, 6.07) is 64.1. The van der Waals surface area contributed by atoms with Gasteiger partial charge in [0.2, 0.25) is 5.69 Å². The van der Waals surface area contributed by atoms with E-state index in [1.165, 1.54) is 15.6 Å². The molecule has 0 saturated carbocycles. The molecule has 3 nitrogen and oxygen atoms in total. The van der Waals surface area contributed by atoms with E-state index >= 15 is 0 Å². The SMILES string of the molecule is [C-]#[N+]c1ccc(-n2c3ccccc3c3ccccc32)c(-c2ccccc2[Si](c2ccccc2)(c2ccccc2)c2ccccc2)c1C#N. The van der Waals surface area contributed by atoms with Crippen LogP contribution in [0.1, 0.15) is 5.56 Å². The number of fused-ring (bicyclic) bond motifs is 3. The molecule has 0 bridgehead atoms. The van der Waals surface area contributed by atoms with Gasteiger partial charge in [-0.25, -0.2) is 4.85 Å². The summed E-state index contributed by atoms with van der Waals surface area (Å²) in [7, 11) is -3.00. The van der Waals surface area contributed by atoms with Crippen LogP contribution in [0.3, 0.4) is 0 Å². The van der Waals surface area contributed by atoms with Crippen molar-refractivity contribution < 1.29 is 0 Å². The molecule has 8 aromatic rings. The Morgan fingerprint density at radius 2 is 0.979 bits per heavy atom. The Morgan fingerprint density at radius 3 is 1.48 bits per heavy atom. The highest BCUT2D eigenvalue weighted by molar-refractivity contribution is 7.20. The fraction of sp³-hybridized carbons (Fsp3) is 0. The van der Waals surface area contributed by atoms with Gasteiger partial charge in [-0.2, -0.15) is 5.26 Å². The molecule has 4 heteroatoms. The maximum Gasteiger partial charge on any atom is 0.205 e. The van der Waals surface area contributed by atoms with Crippen LogP contribution < -0.4 is 20.7 Å². The molecule has 0 atom stereocenters. The molecule has 48 heavy (non-hydrogen) atoms. The van der Waals surface area contributed by atoms with Crippen LogP contribution in [-0.2, 0) is 0 Å². The molecule has 0 unspecified atom stereocenters. The molecule has 0 aliphatic rings. The molecule has 7 aromatic carbocycles. The van der Waals surface area contributed by atoms with Crippen LogP contribution in [0, 0.1) is 17.9 Å². The van der Waals surface area contributed by atoms with Crippen molar-refractivity contribution in [2.45, 2.75) is 0 Å². The standard InChI is InChI=1S/C44H29N3Si/c1-46-39-29-30-42(47-40-26-14-11-23-35(40)36-24-12-15-27-41(36)47)44(38(39)31-45)37-25-13-16-28-43(37)48(32-17-5-2-6-18-32,33-19-7-3-8-20-33)34-21-9-4-10-22-34/h2-30H. The van der Waals surface area contributed by atoms with Gasteiger partial charge in [-0.15, -0.1) is 0 Å². The molecule has 0 radical (unpaired) electrons. The minimum atomic E-state index is -3.00. The second-order valence-electron chi connectivity index (χ2n) is 11.8. The average Bonchev–Trinajstić information content (AvgIpc) is 3.50. The third-order valence-electron chi connectivity index (χ3n) is 9.44. The second-order valence-corrected chi connectivity index (χ2v) is 15.6. The molecule has 0 aliphatic carbocycles. The molecule has 0 N–H and O–H groups in total. The van der Waals surface area contributed by atoms with Gasteiger partial charge in [-0.3, -0.25) is 0 Å². The van der Waals surface area contributed by atoms with Crippen LogP contribution in [0.25, 0.3) is 43.5 Å². The lowest BCUT2D eigenvalue weighted by molar-refractivity contribution is 1.18. The van der Waals surface area contributed by atoms with Crippen molar-refractivity contribution in [2.75, 3.05) is 0 Å². The van der Waals surface area contributed by atoms with Crippen LogP contribution in [0.15, 0.2) is 176 Å². The topological polar surface area (TPSA) is 33.1 Å². The Morgan fingerprint density at radius 1 is 0.521 bits per heavy atom. The van der Waals surface area contributed by atoms with Crippen LogP contribution in [0.4, 0.5) is 5.69 Å². The molecule has 0 aliphatic heterocycles. The number of nitrogens with zero attached hydrogens (tertiary/aromatic N) is 3. The van der Waals surface area contributed by atoms with Crippen LogP contribution in [-0.4, -0.2) is 12.6 Å². The number of rotatable bonds is 6. The first-order valence-corrected chi connectivity index (χ1v) is 18.0. The minimum absolute atomic E-state index is 0.346. The smallest absolute Gasteiger partial charge is 0.205 e. The van der Waals surface area contributed by atoms with E-state index in [1.54, 1.807) is 6.07 Å².